The fourth-order valence-corrected chi connectivity index (χ4v) is 6.33. The third-order valence-corrected chi connectivity index (χ3v) is 8.97. The largest absolute Gasteiger partial charge is 0.322 e. The van der Waals surface area contributed by atoms with E-state index in [1.54, 1.807) is 13.0 Å². The van der Waals surface area contributed by atoms with Gasteiger partial charge in [-0.15, -0.1) is 0 Å². The van der Waals surface area contributed by atoms with Gasteiger partial charge in [0, 0.05) is 30.0 Å². The van der Waals surface area contributed by atoms with Crippen molar-refractivity contribution in [2.75, 3.05) is 23.1 Å². The van der Waals surface area contributed by atoms with Gasteiger partial charge in [-0.2, -0.15) is 4.31 Å². The Kier molecular flexibility index (Phi) is 6.93. The third kappa shape index (κ3) is 5.53. The Morgan fingerprint density at radius 2 is 1.40 bits per heavy atom. The van der Waals surface area contributed by atoms with Gasteiger partial charge in [-0.25, -0.2) is 21.2 Å². The first-order valence-electron chi connectivity index (χ1n) is 10.9. The van der Waals surface area contributed by atoms with Crippen molar-refractivity contribution in [1.82, 2.24) is 4.31 Å². The second kappa shape index (κ2) is 9.76. The van der Waals surface area contributed by atoms with Crippen LogP contribution in [0.5, 0.6) is 0 Å². The standard InChI is InChI=1S/C24H24FN3O5S2/c1-17-4-11-22(35(32,33)28-14-2-3-15-28)16-23(17)24(29)26-19-9-12-21(13-10-19)34(30,31)27-20-7-5-18(25)6-8-20/h4-13,16,27H,2-3,14-15H2,1H3,(H,26,29). The summed E-state index contributed by atoms with van der Waals surface area (Å²) in [6.07, 6.45) is 1.62. The molecule has 1 fully saturated rings. The maximum atomic E-state index is 13.0. The average molecular weight is 518 g/mol. The highest BCUT2D eigenvalue weighted by Gasteiger charge is 2.28. The minimum Gasteiger partial charge on any atom is -0.322 e. The molecular formula is C24H24FN3O5S2. The van der Waals surface area contributed by atoms with Crippen LogP contribution in [0.4, 0.5) is 15.8 Å². The molecule has 2 N–H and O–H groups in total. The summed E-state index contributed by atoms with van der Waals surface area (Å²) in [4.78, 5) is 12.9. The highest BCUT2D eigenvalue weighted by molar-refractivity contribution is 7.92. The average Bonchev–Trinajstić information content (AvgIpc) is 3.37. The minimum atomic E-state index is -3.92. The van der Waals surface area contributed by atoms with Crippen LogP contribution in [0.1, 0.15) is 28.8 Å². The SMILES string of the molecule is Cc1ccc(S(=O)(=O)N2CCCC2)cc1C(=O)Nc1ccc(S(=O)(=O)Nc2ccc(F)cc2)cc1. The smallest absolute Gasteiger partial charge is 0.261 e. The van der Waals surface area contributed by atoms with Gasteiger partial charge in [0.1, 0.15) is 5.82 Å². The second-order valence-corrected chi connectivity index (χ2v) is 11.8. The first-order chi connectivity index (χ1) is 16.6. The molecular weight excluding hydrogens is 493 g/mol. The summed E-state index contributed by atoms with van der Waals surface area (Å²) in [5.74, 6) is -0.997. The van der Waals surface area contributed by atoms with E-state index in [2.05, 4.69) is 10.0 Å². The molecule has 1 aliphatic heterocycles. The number of nitrogens with zero attached hydrogens (tertiary/aromatic N) is 1. The van der Waals surface area contributed by atoms with E-state index in [1.807, 2.05) is 0 Å². The number of amides is 1. The summed E-state index contributed by atoms with van der Waals surface area (Å²) in [6, 6.07) is 14.9. The van der Waals surface area contributed by atoms with Crippen LogP contribution in [-0.4, -0.2) is 40.1 Å². The molecule has 35 heavy (non-hydrogen) atoms. The second-order valence-electron chi connectivity index (χ2n) is 8.18. The van der Waals surface area contributed by atoms with Crippen LogP contribution >= 0.6 is 0 Å². The molecule has 0 atom stereocenters. The summed E-state index contributed by atoms with van der Waals surface area (Å²) in [5, 5.41) is 2.68. The molecule has 1 heterocycles. The molecule has 0 aliphatic carbocycles. The van der Waals surface area contributed by atoms with Crippen LogP contribution in [0.25, 0.3) is 0 Å². The number of halogens is 1. The molecule has 0 radical (unpaired) electrons. The van der Waals surface area contributed by atoms with Gasteiger partial charge in [-0.3, -0.25) is 9.52 Å². The number of benzene rings is 3. The number of carbonyl (C=O) groups excluding carboxylic acids is 1. The number of hydrogen-bond donors (Lipinski definition) is 2. The van der Waals surface area contributed by atoms with Gasteiger partial charge in [0.05, 0.1) is 9.79 Å². The lowest BCUT2D eigenvalue weighted by molar-refractivity contribution is 0.102. The molecule has 1 saturated heterocycles. The van der Waals surface area contributed by atoms with Crippen molar-refractivity contribution in [2.24, 2.45) is 0 Å². The number of rotatable bonds is 7. The Hall–Kier alpha value is -3.28. The van der Waals surface area contributed by atoms with E-state index in [-0.39, 0.29) is 21.0 Å². The molecule has 0 spiro atoms. The molecule has 0 saturated carbocycles. The summed E-state index contributed by atoms with van der Waals surface area (Å²) in [5.41, 5.74) is 1.36. The Morgan fingerprint density at radius 1 is 0.829 bits per heavy atom. The van der Waals surface area contributed by atoms with Crippen LogP contribution in [-0.2, 0) is 20.0 Å². The zero-order valence-electron chi connectivity index (χ0n) is 18.9. The highest BCUT2D eigenvalue weighted by atomic mass is 32.2. The molecule has 11 heteroatoms. The molecule has 0 aromatic heterocycles. The third-order valence-electron chi connectivity index (χ3n) is 5.68. The van der Waals surface area contributed by atoms with E-state index in [4.69, 9.17) is 0 Å². The molecule has 4 rings (SSSR count). The summed E-state index contributed by atoms with van der Waals surface area (Å²) >= 11 is 0. The fourth-order valence-electron chi connectivity index (χ4n) is 3.73. The van der Waals surface area contributed by atoms with Gasteiger partial charge < -0.3 is 5.32 Å². The highest BCUT2D eigenvalue weighted by Crippen LogP contribution is 2.24. The van der Waals surface area contributed by atoms with Gasteiger partial charge in [0.2, 0.25) is 10.0 Å². The Bertz CT molecular complexity index is 1450. The van der Waals surface area contributed by atoms with E-state index in [0.29, 0.717) is 24.3 Å². The Labute approximate surface area is 203 Å². The number of sulfonamides is 2. The van der Waals surface area contributed by atoms with Crippen molar-refractivity contribution in [3.8, 4) is 0 Å². The number of aryl methyl sites for hydroxylation is 1. The van der Waals surface area contributed by atoms with Crippen molar-refractivity contribution in [1.29, 1.82) is 0 Å². The van der Waals surface area contributed by atoms with E-state index in [1.165, 1.54) is 52.8 Å². The lowest BCUT2D eigenvalue weighted by Crippen LogP contribution is -2.28. The Balaban J connectivity index is 1.50. The van der Waals surface area contributed by atoms with Gasteiger partial charge >= 0.3 is 0 Å². The summed E-state index contributed by atoms with van der Waals surface area (Å²) < 4.78 is 67.7. The normalized spacial score (nSPS) is 14.6. The fraction of sp³-hybridized carbons (Fsp3) is 0.208. The van der Waals surface area contributed by atoms with Crippen LogP contribution in [0.15, 0.2) is 76.5 Å². The van der Waals surface area contributed by atoms with Crippen molar-refractivity contribution in [3.05, 3.63) is 83.7 Å². The van der Waals surface area contributed by atoms with Crippen LogP contribution in [0.2, 0.25) is 0 Å². The number of anilines is 2. The summed E-state index contributed by atoms with van der Waals surface area (Å²) in [7, 11) is -7.59. The van der Waals surface area contributed by atoms with Gasteiger partial charge in [-0.05, 0) is 86.0 Å². The van der Waals surface area contributed by atoms with Crippen molar-refractivity contribution in [2.45, 2.75) is 29.6 Å². The quantitative estimate of drug-likeness (QED) is 0.493. The molecule has 0 unspecified atom stereocenters. The van der Waals surface area contributed by atoms with Gasteiger partial charge in [0.15, 0.2) is 0 Å². The Morgan fingerprint density at radius 3 is 2.03 bits per heavy atom. The number of carbonyl (C=O) groups is 1. The maximum Gasteiger partial charge on any atom is 0.261 e. The van der Waals surface area contributed by atoms with E-state index in [9.17, 15) is 26.0 Å². The number of hydrogen-bond acceptors (Lipinski definition) is 5. The zero-order chi connectivity index (χ0) is 25.2. The lowest BCUT2D eigenvalue weighted by atomic mass is 10.1. The van der Waals surface area contributed by atoms with Crippen LogP contribution in [0, 0.1) is 12.7 Å². The van der Waals surface area contributed by atoms with Gasteiger partial charge in [0.25, 0.3) is 15.9 Å². The van der Waals surface area contributed by atoms with Crippen LogP contribution in [0.3, 0.4) is 0 Å². The molecule has 8 nitrogen and oxygen atoms in total. The molecule has 1 aliphatic rings. The molecule has 1 amide bonds. The maximum absolute atomic E-state index is 13.0. The summed E-state index contributed by atoms with van der Waals surface area (Å²) in [6.45, 7) is 2.63. The topological polar surface area (TPSA) is 113 Å². The lowest BCUT2D eigenvalue weighted by Gasteiger charge is -2.17. The molecule has 3 aromatic rings. The predicted molar refractivity (Wildman–Crippen MR) is 131 cm³/mol. The van der Waals surface area contributed by atoms with E-state index < -0.39 is 31.8 Å². The molecule has 0 bridgehead atoms. The first kappa shape index (κ1) is 24.8. The van der Waals surface area contributed by atoms with Crippen molar-refractivity contribution < 1.29 is 26.0 Å². The molecule has 184 valence electrons. The monoisotopic (exact) mass is 517 g/mol. The van der Waals surface area contributed by atoms with E-state index >= 15 is 0 Å². The van der Waals surface area contributed by atoms with Crippen molar-refractivity contribution >= 4 is 37.3 Å². The predicted octanol–water partition coefficient (Wildman–Crippen LogP) is 3.97. The van der Waals surface area contributed by atoms with Gasteiger partial charge in [-0.1, -0.05) is 6.07 Å². The zero-order valence-corrected chi connectivity index (χ0v) is 20.5. The van der Waals surface area contributed by atoms with E-state index in [0.717, 1.165) is 25.0 Å². The van der Waals surface area contributed by atoms with Crippen molar-refractivity contribution in [3.63, 3.8) is 0 Å². The number of nitrogens with one attached hydrogen (secondary N) is 2. The molecule has 3 aromatic carbocycles. The first-order valence-corrected chi connectivity index (χ1v) is 13.8. The van der Waals surface area contributed by atoms with Crippen LogP contribution < -0.4 is 10.0 Å². The minimum absolute atomic E-state index is 0.0466.